The van der Waals surface area contributed by atoms with Crippen LogP contribution in [0.1, 0.15) is 35.1 Å². The number of anilines is 1. The van der Waals surface area contributed by atoms with E-state index in [0.717, 1.165) is 42.6 Å². The van der Waals surface area contributed by atoms with Gasteiger partial charge in [0.05, 0.1) is 4.92 Å². The highest BCUT2D eigenvalue weighted by molar-refractivity contribution is 6.13. The number of aryl methyl sites for hydroxylation is 2. The number of esters is 1. The second-order valence-electron chi connectivity index (χ2n) is 7.33. The molecule has 2 heterocycles. The van der Waals surface area contributed by atoms with Crippen LogP contribution in [0, 0.1) is 24.0 Å². The van der Waals surface area contributed by atoms with Crippen molar-refractivity contribution < 1.29 is 14.5 Å². The minimum absolute atomic E-state index is 0.0333. The van der Waals surface area contributed by atoms with Gasteiger partial charge in [-0.1, -0.05) is 12.1 Å². The van der Waals surface area contributed by atoms with E-state index in [4.69, 9.17) is 4.74 Å². The fraction of sp³-hybridized carbons (Fsp3) is 0.273. The quantitative estimate of drug-likeness (QED) is 0.338. The maximum absolute atomic E-state index is 12.3. The van der Waals surface area contributed by atoms with E-state index in [1.54, 1.807) is 12.1 Å². The Labute approximate surface area is 168 Å². The van der Waals surface area contributed by atoms with Crippen molar-refractivity contribution in [2.45, 2.75) is 26.7 Å². The number of cyclic esters (lactones) is 1. The van der Waals surface area contributed by atoms with Crippen LogP contribution in [0.4, 0.5) is 11.4 Å². The molecule has 0 unspecified atom stereocenters. The van der Waals surface area contributed by atoms with Gasteiger partial charge < -0.3 is 9.64 Å². The number of nitro groups is 1. The summed E-state index contributed by atoms with van der Waals surface area (Å²) in [5.74, 6) is -0.322. The number of rotatable bonds is 4. The third-order valence-electron chi connectivity index (χ3n) is 5.32. The summed E-state index contributed by atoms with van der Waals surface area (Å²) in [7, 11) is 0. The Bertz CT molecular complexity index is 1070. The zero-order valence-electron chi connectivity index (χ0n) is 16.3. The third kappa shape index (κ3) is 3.76. The third-order valence-corrected chi connectivity index (χ3v) is 5.32. The first kappa shape index (κ1) is 18.9. The van der Waals surface area contributed by atoms with Crippen LogP contribution in [0.5, 0.6) is 0 Å². The Kier molecular flexibility index (Phi) is 4.88. The van der Waals surface area contributed by atoms with E-state index in [2.05, 4.69) is 4.99 Å². The first-order valence-electron chi connectivity index (χ1n) is 9.56. The number of nitro benzene ring substituents is 1. The highest BCUT2D eigenvalue weighted by Gasteiger charge is 2.26. The van der Waals surface area contributed by atoms with Crippen LogP contribution in [0.25, 0.3) is 6.08 Å². The van der Waals surface area contributed by atoms with Crippen LogP contribution in [0.15, 0.2) is 47.1 Å². The van der Waals surface area contributed by atoms with E-state index in [-0.39, 0.29) is 22.2 Å². The molecule has 2 aliphatic rings. The molecule has 2 aromatic rings. The van der Waals surface area contributed by atoms with Crippen molar-refractivity contribution in [3.05, 3.63) is 74.5 Å². The molecule has 1 fully saturated rings. The topological polar surface area (TPSA) is 85.0 Å². The molecule has 0 saturated carbocycles. The molecular weight excluding hydrogens is 370 g/mol. The van der Waals surface area contributed by atoms with Gasteiger partial charge in [-0.2, -0.15) is 0 Å². The van der Waals surface area contributed by atoms with Crippen molar-refractivity contribution in [2.24, 2.45) is 4.99 Å². The largest absolute Gasteiger partial charge is 0.402 e. The summed E-state index contributed by atoms with van der Waals surface area (Å²) in [6.45, 7) is 5.62. The highest BCUT2D eigenvalue weighted by atomic mass is 16.6. The lowest BCUT2D eigenvalue weighted by Crippen LogP contribution is -2.18. The molecule has 0 aliphatic carbocycles. The Morgan fingerprint density at radius 3 is 2.55 bits per heavy atom. The lowest BCUT2D eigenvalue weighted by Gasteiger charge is -2.17. The maximum Gasteiger partial charge on any atom is 0.363 e. The smallest absolute Gasteiger partial charge is 0.363 e. The summed E-state index contributed by atoms with van der Waals surface area (Å²) in [5.41, 5.74) is 4.25. The SMILES string of the molecule is Cc1ccc(C2=N/C(=C\c3ccc(N4CCCC4)c([N+](=O)[O-])c3)C(=O)O2)cc1C. The van der Waals surface area contributed by atoms with E-state index in [1.165, 1.54) is 12.1 Å². The van der Waals surface area contributed by atoms with Gasteiger partial charge in [-0.05, 0) is 67.7 Å². The Balaban J connectivity index is 1.67. The average Bonchev–Trinajstić information content (AvgIpc) is 3.34. The number of ether oxygens (including phenoxy) is 1. The normalized spacial score (nSPS) is 17.6. The molecule has 0 N–H and O–H groups in total. The molecule has 0 spiro atoms. The fourth-order valence-electron chi connectivity index (χ4n) is 3.57. The van der Waals surface area contributed by atoms with Crippen LogP contribution in [-0.4, -0.2) is 29.9 Å². The van der Waals surface area contributed by atoms with Crippen LogP contribution in [0.3, 0.4) is 0 Å². The first-order chi connectivity index (χ1) is 13.9. The minimum Gasteiger partial charge on any atom is -0.402 e. The van der Waals surface area contributed by atoms with Gasteiger partial charge in [0.1, 0.15) is 5.69 Å². The van der Waals surface area contributed by atoms with Gasteiger partial charge in [-0.15, -0.1) is 0 Å². The zero-order chi connectivity index (χ0) is 20.5. The fourth-order valence-corrected chi connectivity index (χ4v) is 3.57. The molecule has 1 saturated heterocycles. The van der Waals surface area contributed by atoms with Crippen molar-refractivity contribution in [1.29, 1.82) is 0 Å². The Morgan fingerprint density at radius 1 is 1.10 bits per heavy atom. The molecule has 2 aliphatic heterocycles. The van der Waals surface area contributed by atoms with Gasteiger partial charge >= 0.3 is 5.97 Å². The van der Waals surface area contributed by atoms with Crippen molar-refractivity contribution in [3.63, 3.8) is 0 Å². The van der Waals surface area contributed by atoms with Gasteiger partial charge in [-0.25, -0.2) is 9.79 Å². The first-order valence-corrected chi connectivity index (χ1v) is 9.56. The number of aliphatic imine (C=N–C) groups is 1. The Morgan fingerprint density at radius 2 is 1.86 bits per heavy atom. The summed E-state index contributed by atoms with van der Waals surface area (Å²) in [6.07, 6.45) is 3.59. The van der Waals surface area contributed by atoms with E-state index < -0.39 is 5.97 Å². The lowest BCUT2D eigenvalue weighted by molar-refractivity contribution is -0.384. The maximum atomic E-state index is 12.3. The molecule has 148 valence electrons. The molecule has 0 atom stereocenters. The lowest BCUT2D eigenvalue weighted by atomic mass is 10.1. The number of hydrogen-bond donors (Lipinski definition) is 0. The zero-order valence-corrected chi connectivity index (χ0v) is 16.3. The number of benzene rings is 2. The van der Waals surface area contributed by atoms with Crippen LogP contribution < -0.4 is 4.90 Å². The van der Waals surface area contributed by atoms with Crippen molar-refractivity contribution in [2.75, 3.05) is 18.0 Å². The van der Waals surface area contributed by atoms with Gasteiger partial charge in [-0.3, -0.25) is 10.1 Å². The van der Waals surface area contributed by atoms with Gasteiger partial charge in [0.15, 0.2) is 5.70 Å². The second-order valence-corrected chi connectivity index (χ2v) is 7.33. The molecule has 0 radical (unpaired) electrons. The number of nitrogens with zero attached hydrogens (tertiary/aromatic N) is 3. The molecule has 7 nitrogen and oxygen atoms in total. The van der Waals surface area contributed by atoms with Crippen molar-refractivity contribution >= 4 is 29.3 Å². The summed E-state index contributed by atoms with van der Waals surface area (Å²) < 4.78 is 5.31. The predicted molar refractivity (Wildman–Crippen MR) is 111 cm³/mol. The van der Waals surface area contributed by atoms with Crippen LogP contribution in [-0.2, 0) is 9.53 Å². The van der Waals surface area contributed by atoms with Gasteiger partial charge in [0, 0.05) is 24.7 Å². The number of carbonyl (C=O) groups is 1. The molecule has 0 aromatic heterocycles. The summed E-state index contributed by atoms with van der Waals surface area (Å²) in [5, 5.41) is 11.6. The highest BCUT2D eigenvalue weighted by Crippen LogP contribution is 2.32. The van der Waals surface area contributed by atoms with Crippen molar-refractivity contribution in [1.82, 2.24) is 0 Å². The molecule has 29 heavy (non-hydrogen) atoms. The monoisotopic (exact) mass is 391 g/mol. The predicted octanol–water partition coefficient (Wildman–Crippen LogP) is 4.16. The van der Waals surface area contributed by atoms with Gasteiger partial charge in [0.25, 0.3) is 5.69 Å². The summed E-state index contributed by atoms with van der Waals surface area (Å²) in [6, 6.07) is 10.7. The molecule has 4 rings (SSSR count). The van der Waals surface area contributed by atoms with E-state index in [9.17, 15) is 14.9 Å². The van der Waals surface area contributed by atoms with Crippen molar-refractivity contribution in [3.8, 4) is 0 Å². The molecule has 7 heteroatoms. The van der Waals surface area contributed by atoms with E-state index in [0.29, 0.717) is 11.3 Å². The molecule has 0 amide bonds. The van der Waals surface area contributed by atoms with Crippen LogP contribution >= 0.6 is 0 Å². The standard InChI is InChI=1S/C22H21N3O4/c1-14-5-7-17(11-15(14)2)21-23-18(22(26)29-21)12-16-6-8-19(20(13-16)25(27)28)24-9-3-4-10-24/h5-8,11-13H,3-4,9-10H2,1-2H3/b18-12-. The number of carbonyl (C=O) groups excluding carboxylic acids is 1. The molecule has 2 aromatic carbocycles. The second kappa shape index (κ2) is 7.50. The van der Waals surface area contributed by atoms with Gasteiger partial charge in [0.2, 0.25) is 5.90 Å². The van der Waals surface area contributed by atoms with Crippen LogP contribution in [0.2, 0.25) is 0 Å². The van der Waals surface area contributed by atoms with E-state index in [1.807, 2.05) is 36.9 Å². The molecule has 0 bridgehead atoms. The average molecular weight is 391 g/mol. The number of hydrogen-bond acceptors (Lipinski definition) is 6. The molecular formula is C22H21N3O4. The van der Waals surface area contributed by atoms with E-state index >= 15 is 0 Å². The summed E-state index contributed by atoms with van der Waals surface area (Å²) >= 11 is 0. The Hall–Kier alpha value is -3.48. The summed E-state index contributed by atoms with van der Waals surface area (Å²) in [4.78, 5) is 29.8. The minimum atomic E-state index is -0.565.